The first kappa shape index (κ1) is 17.9. The number of carbonyl (C=O) groups is 1. The smallest absolute Gasteiger partial charge is 0.274 e. The number of aromatic nitrogens is 4. The van der Waals surface area contributed by atoms with Crippen LogP contribution in [0.25, 0.3) is 21.8 Å². The minimum Gasteiger partial charge on any atom is -0.341 e. The van der Waals surface area contributed by atoms with E-state index in [1.165, 1.54) is 4.68 Å². The number of imidazole rings is 1. The second-order valence-corrected chi connectivity index (χ2v) is 7.07. The maximum atomic E-state index is 13.0. The van der Waals surface area contributed by atoms with Crippen molar-refractivity contribution in [3.63, 3.8) is 0 Å². The van der Waals surface area contributed by atoms with Crippen molar-refractivity contribution in [2.24, 2.45) is 0 Å². The summed E-state index contributed by atoms with van der Waals surface area (Å²) in [6.07, 6.45) is 0. The number of H-pyrrole nitrogens is 1. The molecule has 4 aromatic rings. The van der Waals surface area contributed by atoms with Crippen LogP contribution in [0.4, 0.5) is 0 Å². The lowest BCUT2D eigenvalue weighted by Gasteiger charge is -2.15. The molecule has 142 valence electrons. The number of hydrogen-bond donors (Lipinski definition) is 2. The highest BCUT2D eigenvalue weighted by molar-refractivity contribution is 6.04. The lowest BCUT2D eigenvalue weighted by molar-refractivity contribution is 0.0932. The van der Waals surface area contributed by atoms with Crippen LogP contribution in [0.2, 0.25) is 0 Å². The van der Waals surface area contributed by atoms with Gasteiger partial charge in [0.1, 0.15) is 5.82 Å². The Balaban J connectivity index is 1.72. The fourth-order valence-corrected chi connectivity index (χ4v) is 3.24. The van der Waals surface area contributed by atoms with Crippen LogP contribution in [0.15, 0.2) is 53.3 Å². The van der Waals surface area contributed by atoms with Gasteiger partial charge >= 0.3 is 0 Å². The lowest BCUT2D eigenvalue weighted by atomic mass is 10.1. The van der Waals surface area contributed by atoms with E-state index in [0.29, 0.717) is 16.6 Å². The first-order valence-electron chi connectivity index (χ1n) is 9.22. The number of amides is 1. The Bertz CT molecular complexity index is 1210. The molecule has 0 radical (unpaired) electrons. The van der Waals surface area contributed by atoms with Gasteiger partial charge in [0.25, 0.3) is 11.5 Å². The highest BCUT2D eigenvalue weighted by Crippen LogP contribution is 2.18. The van der Waals surface area contributed by atoms with Gasteiger partial charge in [-0.3, -0.25) is 9.59 Å². The molecular weight excluding hydrogens is 354 g/mol. The third-order valence-corrected chi connectivity index (χ3v) is 4.70. The number of aromatic amines is 1. The van der Waals surface area contributed by atoms with E-state index < -0.39 is 0 Å². The number of nitrogens with one attached hydrogen (secondary N) is 2. The molecule has 0 saturated carbocycles. The number of benzene rings is 2. The molecule has 1 amide bonds. The van der Waals surface area contributed by atoms with Crippen molar-refractivity contribution in [2.75, 3.05) is 0 Å². The van der Waals surface area contributed by atoms with Gasteiger partial charge in [0.15, 0.2) is 5.69 Å². The molecule has 2 N–H and O–H groups in total. The summed E-state index contributed by atoms with van der Waals surface area (Å²) in [6.45, 7) is 5.58. The van der Waals surface area contributed by atoms with Crippen molar-refractivity contribution in [3.05, 3.63) is 70.4 Å². The molecule has 0 saturated heterocycles. The predicted molar refractivity (Wildman–Crippen MR) is 108 cm³/mol. The van der Waals surface area contributed by atoms with Crippen LogP contribution in [-0.2, 0) is 0 Å². The van der Waals surface area contributed by atoms with Crippen LogP contribution in [0.5, 0.6) is 0 Å². The van der Waals surface area contributed by atoms with E-state index in [1.807, 2.05) is 45.0 Å². The van der Waals surface area contributed by atoms with Crippen LogP contribution >= 0.6 is 0 Å². The van der Waals surface area contributed by atoms with Crippen molar-refractivity contribution < 1.29 is 4.79 Å². The Labute approximate surface area is 161 Å². The standard InChI is InChI=1S/C21H21N5O2/c1-12(2)26-21(28)15-9-5-4-8-14(15)18(25-26)20(27)22-13(3)19-23-16-10-6-7-11-17(16)24-19/h4-13H,1-3H3,(H,22,27)(H,23,24). The highest BCUT2D eigenvalue weighted by Gasteiger charge is 2.20. The van der Waals surface area contributed by atoms with Crippen molar-refractivity contribution in [1.82, 2.24) is 25.1 Å². The second-order valence-electron chi connectivity index (χ2n) is 7.07. The number of nitrogens with zero attached hydrogens (tertiary/aromatic N) is 3. The molecular formula is C21H21N5O2. The van der Waals surface area contributed by atoms with E-state index in [2.05, 4.69) is 20.4 Å². The molecule has 0 spiro atoms. The van der Waals surface area contributed by atoms with Crippen LogP contribution in [0, 0.1) is 0 Å². The maximum Gasteiger partial charge on any atom is 0.274 e. The molecule has 1 unspecified atom stereocenters. The largest absolute Gasteiger partial charge is 0.341 e. The Morgan fingerprint density at radius 3 is 2.43 bits per heavy atom. The maximum absolute atomic E-state index is 13.0. The van der Waals surface area contributed by atoms with Gasteiger partial charge in [-0.1, -0.05) is 30.3 Å². The van der Waals surface area contributed by atoms with Crippen molar-refractivity contribution in [1.29, 1.82) is 0 Å². The van der Waals surface area contributed by atoms with Gasteiger partial charge in [0.2, 0.25) is 0 Å². The van der Waals surface area contributed by atoms with Crippen molar-refractivity contribution in [2.45, 2.75) is 32.9 Å². The zero-order chi connectivity index (χ0) is 19.8. The van der Waals surface area contributed by atoms with Crippen LogP contribution < -0.4 is 10.9 Å². The topological polar surface area (TPSA) is 92.7 Å². The van der Waals surface area contributed by atoms with Crippen LogP contribution in [0.1, 0.15) is 49.2 Å². The molecule has 0 aliphatic heterocycles. The van der Waals surface area contributed by atoms with Gasteiger partial charge in [-0.15, -0.1) is 0 Å². The first-order valence-corrected chi connectivity index (χ1v) is 9.22. The third kappa shape index (κ3) is 3.05. The Kier molecular flexibility index (Phi) is 4.43. The Morgan fingerprint density at radius 1 is 1.04 bits per heavy atom. The second kappa shape index (κ2) is 6.92. The molecule has 0 aliphatic carbocycles. The minimum absolute atomic E-state index is 0.156. The summed E-state index contributed by atoms with van der Waals surface area (Å²) in [7, 11) is 0. The first-order chi connectivity index (χ1) is 13.5. The molecule has 1 atom stereocenters. The number of para-hydroxylation sites is 2. The summed E-state index contributed by atoms with van der Waals surface area (Å²) < 4.78 is 1.35. The fraction of sp³-hybridized carbons (Fsp3) is 0.238. The van der Waals surface area contributed by atoms with E-state index in [1.54, 1.807) is 24.3 Å². The van der Waals surface area contributed by atoms with Gasteiger partial charge in [-0.05, 0) is 39.0 Å². The number of rotatable bonds is 4. The zero-order valence-electron chi connectivity index (χ0n) is 15.9. The molecule has 4 rings (SSSR count). The minimum atomic E-state index is -0.349. The van der Waals surface area contributed by atoms with Crippen molar-refractivity contribution in [3.8, 4) is 0 Å². The monoisotopic (exact) mass is 375 g/mol. The fourth-order valence-electron chi connectivity index (χ4n) is 3.24. The van der Waals surface area contributed by atoms with E-state index >= 15 is 0 Å². The van der Waals surface area contributed by atoms with Gasteiger partial charge in [-0.25, -0.2) is 9.67 Å². The summed E-state index contributed by atoms with van der Waals surface area (Å²) in [5.41, 5.74) is 1.78. The van der Waals surface area contributed by atoms with E-state index in [4.69, 9.17) is 0 Å². The summed E-state index contributed by atoms with van der Waals surface area (Å²) in [4.78, 5) is 33.4. The summed E-state index contributed by atoms with van der Waals surface area (Å²) in [5, 5.41) is 8.31. The Morgan fingerprint density at radius 2 is 1.71 bits per heavy atom. The quantitative estimate of drug-likeness (QED) is 0.572. The Hall–Kier alpha value is -3.48. The summed E-state index contributed by atoms with van der Waals surface area (Å²) >= 11 is 0. The molecule has 7 nitrogen and oxygen atoms in total. The van der Waals surface area contributed by atoms with E-state index in [-0.39, 0.29) is 29.2 Å². The normalized spacial score (nSPS) is 12.6. The number of fused-ring (bicyclic) bond motifs is 2. The van der Waals surface area contributed by atoms with Gasteiger partial charge in [0, 0.05) is 5.39 Å². The van der Waals surface area contributed by atoms with Gasteiger partial charge in [0.05, 0.1) is 28.5 Å². The summed E-state index contributed by atoms with van der Waals surface area (Å²) in [6, 6.07) is 14.2. The SMILES string of the molecule is CC(NC(=O)c1nn(C(C)C)c(=O)c2ccccc12)c1nc2ccccc2[nH]1. The van der Waals surface area contributed by atoms with Gasteiger partial charge < -0.3 is 10.3 Å². The average molecular weight is 375 g/mol. The van der Waals surface area contributed by atoms with E-state index in [9.17, 15) is 9.59 Å². The third-order valence-electron chi connectivity index (χ3n) is 4.70. The zero-order valence-corrected chi connectivity index (χ0v) is 15.9. The molecule has 2 aromatic heterocycles. The van der Waals surface area contributed by atoms with Crippen LogP contribution in [0.3, 0.4) is 0 Å². The van der Waals surface area contributed by atoms with Crippen molar-refractivity contribution >= 4 is 27.7 Å². The lowest BCUT2D eigenvalue weighted by Crippen LogP contribution is -2.33. The van der Waals surface area contributed by atoms with E-state index in [0.717, 1.165) is 11.0 Å². The van der Waals surface area contributed by atoms with Gasteiger partial charge in [-0.2, -0.15) is 5.10 Å². The number of hydrogen-bond acceptors (Lipinski definition) is 4. The average Bonchev–Trinajstić information content (AvgIpc) is 3.12. The molecule has 0 bridgehead atoms. The molecule has 2 aromatic carbocycles. The molecule has 2 heterocycles. The van der Waals surface area contributed by atoms with Crippen LogP contribution in [-0.4, -0.2) is 25.7 Å². The molecule has 28 heavy (non-hydrogen) atoms. The highest BCUT2D eigenvalue weighted by atomic mass is 16.2. The predicted octanol–water partition coefficient (Wildman–Crippen LogP) is 3.34. The number of carbonyl (C=O) groups excluding carboxylic acids is 1. The molecule has 0 aliphatic rings. The molecule has 0 fully saturated rings. The summed E-state index contributed by atoms with van der Waals surface area (Å²) in [5.74, 6) is 0.314. The molecule has 7 heteroatoms.